The van der Waals surface area contributed by atoms with Crippen LogP contribution in [-0.2, 0) is 4.79 Å². The highest BCUT2D eigenvalue weighted by Gasteiger charge is 2.16. The smallest absolute Gasteiger partial charge is 0.239 e. The molecule has 0 aliphatic rings. The molecule has 4 aromatic rings. The Morgan fingerprint density at radius 3 is 1.88 bits per heavy atom. The van der Waals surface area contributed by atoms with E-state index in [0.29, 0.717) is 0 Å². The van der Waals surface area contributed by atoms with Crippen LogP contribution in [0.3, 0.4) is 0 Å². The summed E-state index contributed by atoms with van der Waals surface area (Å²) >= 11 is 5.76. The van der Waals surface area contributed by atoms with Crippen LogP contribution in [0, 0.1) is 0 Å². The van der Waals surface area contributed by atoms with Gasteiger partial charge in [-0.1, -0.05) is 78.9 Å². The van der Waals surface area contributed by atoms with Crippen LogP contribution in [0.2, 0.25) is 0 Å². The van der Waals surface area contributed by atoms with Gasteiger partial charge in [0.1, 0.15) is 5.88 Å². The van der Waals surface area contributed by atoms with Crippen molar-refractivity contribution >= 4 is 44.7 Å². The van der Waals surface area contributed by atoms with E-state index >= 15 is 0 Å². The maximum atomic E-state index is 12.1. The summed E-state index contributed by atoms with van der Waals surface area (Å²) in [4.78, 5) is 12.1. The van der Waals surface area contributed by atoms with Gasteiger partial charge >= 0.3 is 0 Å². The van der Waals surface area contributed by atoms with Crippen molar-refractivity contribution in [3.05, 3.63) is 78.9 Å². The molecule has 0 spiro atoms. The first-order chi connectivity index (χ1) is 12.3. The number of carbonyl (C=O) groups is 1. The Morgan fingerprint density at radius 1 is 0.720 bits per heavy atom. The zero-order valence-corrected chi connectivity index (χ0v) is 14.3. The minimum Gasteiger partial charge on any atom is -0.324 e. The molecular formula is C22H16ClNO. The third kappa shape index (κ3) is 2.75. The van der Waals surface area contributed by atoms with E-state index in [9.17, 15) is 4.79 Å². The molecule has 3 heteroatoms. The second kappa shape index (κ2) is 6.58. The summed E-state index contributed by atoms with van der Waals surface area (Å²) in [5, 5.41) is 7.43. The van der Waals surface area contributed by atoms with Crippen molar-refractivity contribution in [2.24, 2.45) is 0 Å². The van der Waals surface area contributed by atoms with Gasteiger partial charge in [0.2, 0.25) is 5.91 Å². The first kappa shape index (κ1) is 15.7. The molecule has 122 valence electrons. The van der Waals surface area contributed by atoms with E-state index in [1.807, 2.05) is 48.5 Å². The van der Waals surface area contributed by atoms with Crippen molar-refractivity contribution < 1.29 is 4.79 Å². The summed E-state index contributed by atoms with van der Waals surface area (Å²) in [7, 11) is 0. The average molecular weight is 346 g/mol. The molecule has 0 aliphatic heterocycles. The van der Waals surface area contributed by atoms with Crippen LogP contribution in [0.25, 0.3) is 32.7 Å². The highest BCUT2D eigenvalue weighted by Crippen LogP contribution is 2.42. The zero-order valence-electron chi connectivity index (χ0n) is 13.5. The molecule has 0 aromatic heterocycles. The molecule has 1 N–H and O–H groups in total. The van der Waals surface area contributed by atoms with Gasteiger partial charge in [-0.05, 0) is 21.7 Å². The molecule has 2 nitrogen and oxygen atoms in total. The van der Waals surface area contributed by atoms with Gasteiger partial charge in [-0.25, -0.2) is 0 Å². The Morgan fingerprint density at radius 2 is 1.24 bits per heavy atom. The highest BCUT2D eigenvalue weighted by atomic mass is 35.5. The first-order valence-electron chi connectivity index (χ1n) is 8.14. The minimum atomic E-state index is -0.209. The van der Waals surface area contributed by atoms with Crippen molar-refractivity contribution in [3.8, 4) is 11.1 Å². The van der Waals surface area contributed by atoms with Crippen molar-refractivity contribution in [2.45, 2.75) is 0 Å². The van der Waals surface area contributed by atoms with Gasteiger partial charge in [-0.3, -0.25) is 4.79 Å². The number of hydrogen-bond acceptors (Lipinski definition) is 1. The van der Waals surface area contributed by atoms with Crippen molar-refractivity contribution in [1.82, 2.24) is 0 Å². The molecule has 25 heavy (non-hydrogen) atoms. The Hall–Kier alpha value is -2.84. The molecule has 0 atom stereocenters. The number of nitrogens with one attached hydrogen (secondary N) is 1. The summed E-state index contributed by atoms with van der Waals surface area (Å²) in [5.74, 6) is -0.283. The van der Waals surface area contributed by atoms with Gasteiger partial charge in [0.15, 0.2) is 0 Å². The lowest BCUT2D eigenvalue weighted by molar-refractivity contribution is -0.113. The largest absolute Gasteiger partial charge is 0.324 e. The topological polar surface area (TPSA) is 29.1 Å². The van der Waals surface area contributed by atoms with Crippen LogP contribution < -0.4 is 5.32 Å². The van der Waals surface area contributed by atoms with Crippen molar-refractivity contribution in [3.63, 3.8) is 0 Å². The Kier molecular flexibility index (Phi) is 4.12. The number of halogens is 1. The highest BCUT2D eigenvalue weighted by molar-refractivity contribution is 6.31. The molecule has 4 rings (SSSR count). The maximum Gasteiger partial charge on any atom is 0.239 e. The quantitative estimate of drug-likeness (QED) is 0.367. The van der Waals surface area contributed by atoms with E-state index in [1.54, 1.807) is 0 Å². The number of fused-ring (bicyclic) bond motifs is 3. The van der Waals surface area contributed by atoms with E-state index in [0.717, 1.165) is 33.0 Å². The lowest BCUT2D eigenvalue weighted by Gasteiger charge is -2.18. The predicted octanol–water partition coefficient (Wildman–Crippen LogP) is 5.84. The SMILES string of the molecule is O=C(CCl)Nc1c(-c2ccccc2)c2ccccc2c2ccccc12. The summed E-state index contributed by atoms with van der Waals surface area (Å²) in [5.41, 5.74) is 2.90. The Labute approximate surface area is 151 Å². The van der Waals surface area contributed by atoms with Gasteiger partial charge in [0, 0.05) is 10.9 Å². The van der Waals surface area contributed by atoms with Crippen LogP contribution in [-0.4, -0.2) is 11.8 Å². The van der Waals surface area contributed by atoms with Crippen LogP contribution in [0.5, 0.6) is 0 Å². The standard InChI is InChI=1S/C22H16ClNO/c23-14-20(25)24-22-19-13-7-5-11-17(19)16-10-4-6-12-18(16)21(22)15-8-2-1-3-9-15/h1-13H,14H2,(H,24,25). The van der Waals surface area contributed by atoms with Gasteiger partial charge in [-0.15, -0.1) is 11.6 Å². The van der Waals surface area contributed by atoms with Crippen LogP contribution in [0.1, 0.15) is 0 Å². The second-order valence-corrected chi connectivity index (χ2v) is 6.16. The monoisotopic (exact) mass is 345 g/mol. The summed E-state index contributed by atoms with van der Waals surface area (Å²) in [6, 6.07) is 26.5. The molecule has 0 radical (unpaired) electrons. The van der Waals surface area contributed by atoms with Crippen LogP contribution >= 0.6 is 11.6 Å². The molecule has 4 aromatic carbocycles. The van der Waals surface area contributed by atoms with E-state index in [-0.39, 0.29) is 11.8 Å². The van der Waals surface area contributed by atoms with Gasteiger partial charge in [-0.2, -0.15) is 0 Å². The van der Waals surface area contributed by atoms with E-state index < -0.39 is 0 Å². The van der Waals surface area contributed by atoms with Crippen molar-refractivity contribution in [1.29, 1.82) is 0 Å². The second-order valence-electron chi connectivity index (χ2n) is 5.89. The third-order valence-corrected chi connectivity index (χ3v) is 4.62. The van der Waals surface area contributed by atoms with Crippen molar-refractivity contribution in [2.75, 3.05) is 11.2 Å². The summed E-state index contributed by atoms with van der Waals surface area (Å²) < 4.78 is 0. The van der Waals surface area contributed by atoms with Gasteiger partial charge in [0.05, 0.1) is 5.69 Å². The number of amides is 1. The fraction of sp³-hybridized carbons (Fsp3) is 0.0455. The van der Waals surface area contributed by atoms with E-state index in [4.69, 9.17) is 11.6 Å². The molecule has 0 saturated heterocycles. The number of rotatable bonds is 3. The van der Waals surface area contributed by atoms with Gasteiger partial charge in [0.25, 0.3) is 0 Å². The molecule has 1 amide bonds. The van der Waals surface area contributed by atoms with Crippen LogP contribution in [0.15, 0.2) is 78.9 Å². The molecule has 0 fully saturated rings. The minimum absolute atomic E-state index is 0.0740. The number of alkyl halides is 1. The summed E-state index contributed by atoms with van der Waals surface area (Å²) in [6.45, 7) is 0. The lowest BCUT2D eigenvalue weighted by atomic mass is 9.91. The molecule has 0 saturated carbocycles. The average Bonchev–Trinajstić information content (AvgIpc) is 2.68. The molecule has 0 aliphatic carbocycles. The predicted molar refractivity (Wildman–Crippen MR) is 106 cm³/mol. The first-order valence-corrected chi connectivity index (χ1v) is 8.67. The molecule has 0 unspecified atom stereocenters. The van der Waals surface area contributed by atoms with Crippen LogP contribution in [0.4, 0.5) is 5.69 Å². The molecular weight excluding hydrogens is 330 g/mol. The normalized spacial score (nSPS) is 10.9. The molecule has 0 heterocycles. The third-order valence-electron chi connectivity index (χ3n) is 4.38. The Bertz CT molecular complexity index is 1070. The lowest BCUT2D eigenvalue weighted by Crippen LogP contribution is -2.14. The fourth-order valence-electron chi connectivity index (χ4n) is 3.35. The Balaban J connectivity index is 2.18. The van der Waals surface area contributed by atoms with E-state index in [1.165, 1.54) is 5.39 Å². The fourth-order valence-corrected chi connectivity index (χ4v) is 3.42. The van der Waals surface area contributed by atoms with E-state index in [2.05, 4.69) is 35.6 Å². The maximum absolute atomic E-state index is 12.1. The zero-order chi connectivity index (χ0) is 17.2. The molecule has 0 bridgehead atoms. The number of anilines is 1. The number of hydrogen-bond donors (Lipinski definition) is 1. The summed E-state index contributed by atoms with van der Waals surface area (Å²) in [6.07, 6.45) is 0. The number of carbonyl (C=O) groups excluding carboxylic acids is 1. The van der Waals surface area contributed by atoms with Gasteiger partial charge < -0.3 is 5.32 Å². The number of benzene rings is 4.